The Morgan fingerprint density at radius 3 is 2.59 bits per heavy atom. The van der Waals surface area contributed by atoms with Crippen LogP contribution in [0.4, 0.5) is 0 Å². The first-order chi connectivity index (χ1) is 8.13. The topological polar surface area (TPSA) is 41.5 Å². The highest BCUT2D eigenvalue weighted by molar-refractivity contribution is 5.33. The van der Waals surface area contributed by atoms with Gasteiger partial charge in [0.2, 0.25) is 0 Å². The molecule has 96 valence electrons. The van der Waals surface area contributed by atoms with Crippen molar-refractivity contribution in [3.05, 3.63) is 29.8 Å². The number of hydrogen-bond acceptors (Lipinski definition) is 3. The molecule has 0 aliphatic rings. The van der Waals surface area contributed by atoms with Crippen molar-refractivity contribution in [3.8, 4) is 5.75 Å². The quantitative estimate of drug-likeness (QED) is 0.765. The van der Waals surface area contributed by atoms with E-state index in [1.54, 1.807) is 0 Å². The number of rotatable bonds is 7. The molecule has 0 aliphatic carbocycles. The van der Waals surface area contributed by atoms with Crippen LogP contribution in [0.15, 0.2) is 24.3 Å². The Morgan fingerprint density at radius 2 is 1.94 bits per heavy atom. The number of hydrogen-bond donors (Lipinski definition) is 2. The molecule has 0 bridgehead atoms. The van der Waals surface area contributed by atoms with Crippen molar-refractivity contribution in [2.75, 3.05) is 6.61 Å². The maximum Gasteiger partial charge on any atom is 0.124 e. The predicted octanol–water partition coefficient (Wildman–Crippen LogP) is 2.33. The Hall–Kier alpha value is -1.06. The first-order valence-corrected chi connectivity index (χ1v) is 6.22. The van der Waals surface area contributed by atoms with Crippen molar-refractivity contribution < 1.29 is 9.84 Å². The van der Waals surface area contributed by atoms with Gasteiger partial charge in [-0.3, -0.25) is 0 Å². The van der Waals surface area contributed by atoms with Gasteiger partial charge in [0.05, 0.1) is 6.10 Å². The van der Waals surface area contributed by atoms with E-state index in [1.165, 1.54) is 0 Å². The maximum atomic E-state index is 8.84. The minimum Gasteiger partial charge on any atom is -0.491 e. The summed E-state index contributed by atoms with van der Waals surface area (Å²) >= 11 is 0. The molecule has 1 aromatic rings. The number of benzene rings is 1. The molecule has 17 heavy (non-hydrogen) atoms. The third-order valence-electron chi connectivity index (χ3n) is 2.54. The highest BCUT2D eigenvalue weighted by atomic mass is 16.5. The van der Waals surface area contributed by atoms with Crippen LogP contribution in [0, 0.1) is 0 Å². The Bertz CT molecular complexity index is 326. The molecule has 1 atom stereocenters. The van der Waals surface area contributed by atoms with E-state index in [-0.39, 0.29) is 12.7 Å². The van der Waals surface area contributed by atoms with E-state index in [0.29, 0.717) is 6.04 Å². The minimum absolute atomic E-state index is 0.186. The van der Waals surface area contributed by atoms with Crippen LogP contribution in [-0.2, 0) is 6.54 Å². The fourth-order valence-corrected chi connectivity index (χ4v) is 1.60. The van der Waals surface area contributed by atoms with Crippen molar-refractivity contribution in [1.29, 1.82) is 0 Å². The minimum atomic E-state index is 0.186. The van der Waals surface area contributed by atoms with Gasteiger partial charge in [0.1, 0.15) is 5.75 Å². The number of aliphatic hydroxyl groups is 1. The van der Waals surface area contributed by atoms with Gasteiger partial charge in [0.25, 0.3) is 0 Å². The molecule has 0 amide bonds. The van der Waals surface area contributed by atoms with Crippen molar-refractivity contribution in [2.45, 2.75) is 45.9 Å². The van der Waals surface area contributed by atoms with Gasteiger partial charge >= 0.3 is 0 Å². The van der Waals surface area contributed by atoms with Crippen LogP contribution in [0.1, 0.15) is 32.8 Å². The summed E-state index contributed by atoms with van der Waals surface area (Å²) < 4.78 is 5.75. The van der Waals surface area contributed by atoms with Gasteiger partial charge in [0, 0.05) is 24.8 Å². The monoisotopic (exact) mass is 237 g/mol. The SMILES string of the molecule is CC(C)Oc1ccccc1CN[C@H](C)CCO. The highest BCUT2D eigenvalue weighted by Crippen LogP contribution is 2.19. The Labute approximate surface area is 104 Å². The van der Waals surface area contributed by atoms with E-state index in [1.807, 2.05) is 32.0 Å². The molecule has 0 fully saturated rings. The van der Waals surface area contributed by atoms with Crippen LogP contribution in [0.2, 0.25) is 0 Å². The van der Waals surface area contributed by atoms with E-state index < -0.39 is 0 Å². The summed E-state index contributed by atoms with van der Waals surface area (Å²) in [7, 11) is 0. The van der Waals surface area contributed by atoms with Gasteiger partial charge in [-0.2, -0.15) is 0 Å². The van der Waals surface area contributed by atoms with Gasteiger partial charge < -0.3 is 15.2 Å². The third-order valence-corrected chi connectivity index (χ3v) is 2.54. The van der Waals surface area contributed by atoms with E-state index in [2.05, 4.69) is 18.3 Å². The van der Waals surface area contributed by atoms with Crippen molar-refractivity contribution in [2.24, 2.45) is 0 Å². The van der Waals surface area contributed by atoms with Crippen LogP contribution < -0.4 is 10.1 Å². The van der Waals surface area contributed by atoms with Crippen LogP contribution in [0.5, 0.6) is 5.75 Å². The normalized spacial score (nSPS) is 12.8. The lowest BCUT2D eigenvalue weighted by molar-refractivity contribution is 0.238. The summed E-state index contributed by atoms with van der Waals surface area (Å²) in [6, 6.07) is 8.37. The molecule has 0 saturated heterocycles. The number of nitrogens with one attached hydrogen (secondary N) is 1. The average molecular weight is 237 g/mol. The second kappa shape index (κ2) is 7.30. The standard InChI is InChI=1S/C14H23NO2/c1-11(2)17-14-7-5-4-6-13(14)10-15-12(3)8-9-16/h4-7,11-12,15-16H,8-10H2,1-3H3/t12-/m1/s1. The fourth-order valence-electron chi connectivity index (χ4n) is 1.60. The summed E-state index contributed by atoms with van der Waals surface area (Å²) in [6.45, 7) is 7.11. The average Bonchev–Trinajstić information content (AvgIpc) is 2.27. The molecular formula is C14H23NO2. The van der Waals surface area contributed by atoms with Crippen LogP contribution >= 0.6 is 0 Å². The lowest BCUT2D eigenvalue weighted by Gasteiger charge is -2.17. The molecule has 1 aromatic carbocycles. The van der Waals surface area contributed by atoms with E-state index >= 15 is 0 Å². The van der Waals surface area contributed by atoms with Gasteiger partial charge in [-0.15, -0.1) is 0 Å². The zero-order chi connectivity index (χ0) is 12.7. The van der Waals surface area contributed by atoms with Crippen molar-refractivity contribution in [3.63, 3.8) is 0 Å². The molecule has 0 aliphatic heterocycles. The maximum absolute atomic E-state index is 8.84. The van der Waals surface area contributed by atoms with Gasteiger partial charge in [0.15, 0.2) is 0 Å². The first kappa shape index (κ1) is 14.0. The lowest BCUT2D eigenvalue weighted by atomic mass is 10.1. The largest absolute Gasteiger partial charge is 0.491 e. The van der Waals surface area contributed by atoms with Crippen LogP contribution in [0.25, 0.3) is 0 Å². The van der Waals surface area contributed by atoms with Gasteiger partial charge in [-0.25, -0.2) is 0 Å². The molecule has 0 saturated carbocycles. The van der Waals surface area contributed by atoms with Crippen LogP contribution in [0.3, 0.4) is 0 Å². The second-order valence-corrected chi connectivity index (χ2v) is 4.57. The molecule has 0 spiro atoms. The first-order valence-electron chi connectivity index (χ1n) is 6.22. The Balaban J connectivity index is 2.57. The summed E-state index contributed by atoms with van der Waals surface area (Å²) in [4.78, 5) is 0. The molecule has 2 N–H and O–H groups in total. The molecule has 1 rings (SSSR count). The van der Waals surface area contributed by atoms with Crippen LogP contribution in [-0.4, -0.2) is 23.9 Å². The fraction of sp³-hybridized carbons (Fsp3) is 0.571. The molecule has 0 heterocycles. The summed E-state index contributed by atoms with van der Waals surface area (Å²) in [5.74, 6) is 0.936. The molecular weight excluding hydrogens is 214 g/mol. The number of ether oxygens (including phenoxy) is 1. The van der Waals surface area contributed by atoms with E-state index in [4.69, 9.17) is 9.84 Å². The zero-order valence-electron chi connectivity index (χ0n) is 10.9. The lowest BCUT2D eigenvalue weighted by Crippen LogP contribution is -2.26. The molecule has 3 nitrogen and oxygen atoms in total. The zero-order valence-corrected chi connectivity index (χ0v) is 10.9. The molecule has 0 unspecified atom stereocenters. The third kappa shape index (κ3) is 5.20. The molecule has 3 heteroatoms. The molecule has 0 radical (unpaired) electrons. The van der Waals surface area contributed by atoms with Gasteiger partial charge in [-0.05, 0) is 33.3 Å². The smallest absolute Gasteiger partial charge is 0.124 e. The second-order valence-electron chi connectivity index (χ2n) is 4.57. The van der Waals surface area contributed by atoms with Gasteiger partial charge in [-0.1, -0.05) is 18.2 Å². The molecule has 0 aromatic heterocycles. The summed E-state index contributed by atoms with van der Waals surface area (Å²) in [6.07, 6.45) is 0.957. The number of aliphatic hydroxyl groups excluding tert-OH is 1. The highest BCUT2D eigenvalue weighted by Gasteiger charge is 2.06. The Morgan fingerprint density at radius 1 is 1.24 bits per heavy atom. The van der Waals surface area contributed by atoms with Crippen molar-refractivity contribution in [1.82, 2.24) is 5.32 Å². The Kier molecular flexibility index (Phi) is 6.01. The van der Waals surface area contributed by atoms with E-state index in [0.717, 1.165) is 24.3 Å². The summed E-state index contributed by atoms with van der Waals surface area (Å²) in [5.41, 5.74) is 1.16. The summed E-state index contributed by atoms with van der Waals surface area (Å²) in [5, 5.41) is 12.2. The van der Waals surface area contributed by atoms with Crippen molar-refractivity contribution >= 4 is 0 Å². The number of para-hydroxylation sites is 1. The predicted molar refractivity (Wildman–Crippen MR) is 70.2 cm³/mol. The van der Waals surface area contributed by atoms with E-state index in [9.17, 15) is 0 Å².